The highest BCUT2D eigenvalue weighted by Gasteiger charge is 2.43. The van der Waals surface area contributed by atoms with E-state index in [1.54, 1.807) is 31.2 Å². The SMILES string of the molecule is CCN1C(=O)[C@@H](CC(=O)Nc2ccc(Br)cc2)N(NC(=O)c2cccc(F)c2)C1=S. The predicted octanol–water partition coefficient (Wildman–Crippen LogP) is 3.08. The van der Waals surface area contributed by atoms with Crippen LogP contribution in [0.5, 0.6) is 0 Å². The van der Waals surface area contributed by atoms with E-state index in [-0.39, 0.29) is 23.6 Å². The van der Waals surface area contributed by atoms with Crippen molar-refractivity contribution in [2.24, 2.45) is 0 Å². The molecule has 0 saturated carbocycles. The predicted molar refractivity (Wildman–Crippen MR) is 117 cm³/mol. The van der Waals surface area contributed by atoms with Crippen LogP contribution in [0.3, 0.4) is 0 Å². The van der Waals surface area contributed by atoms with Gasteiger partial charge in [-0.25, -0.2) is 9.40 Å². The number of hydrazine groups is 1. The summed E-state index contributed by atoms with van der Waals surface area (Å²) in [6.07, 6.45) is -0.227. The summed E-state index contributed by atoms with van der Waals surface area (Å²) in [6.45, 7) is 2.02. The van der Waals surface area contributed by atoms with Gasteiger partial charge in [0.05, 0.1) is 6.42 Å². The molecular formula is C20H18BrFN4O3S. The maximum absolute atomic E-state index is 13.4. The average Bonchev–Trinajstić information content (AvgIpc) is 2.93. The van der Waals surface area contributed by atoms with Crippen molar-refractivity contribution in [2.45, 2.75) is 19.4 Å². The molecule has 0 radical (unpaired) electrons. The zero-order chi connectivity index (χ0) is 21.8. The molecule has 1 saturated heterocycles. The Labute approximate surface area is 186 Å². The van der Waals surface area contributed by atoms with Gasteiger partial charge >= 0.3 is 0 Å². The number of carbonyl (C=O) groups is 3. The fourth-order valence-electron chi connectivity index (χ4n) is 2.97. The summed E-state index contributed by atoms with van der Waals surface area (Å²) in [6, 6.07) is 11.1. The van der Waals surface area contributed by atoms with E-state index in [0.29, 0.717) is 5.69 Å². The van der Waals surface area contributed by atoms with E-state index in [0.717, 1.165) is 10.5 Å². The molecule has 1 heterocycles. The molecule has 1 aliphatic rings. The van der Waals surface area contributed by atoms with Crippen LogP contribution in [0.2, 0.25) is 0 Å². The van der Waals surface area contributed by atoms with Gasteiger partial charge in [0.15, 0.2) is 5.11 Å². The summed E-state index contributed by atoms with van der Waals surface area (Å²) in [5, 5.41) is 3.98. The molecule has 30 heavy (non-hydrogen) atoms. The number of thiocarbonyl (C=S) groups is 1. The normalized spacial score (nSPS) is 16.0. The van der Waals surface area contributed by atoms with Crippen molar-refractivity contribution in [3.63, 3.8) is 0 Å². The van der Waals surface area contributed by atoms with E-state index >= 15 is 0 Å². The van der Waals surface area contributed by atoms with Gasteiger partial charge in [-0.3, -0.25) is 24.7 Å². The Morgan fingerprint density at radius 2 is 1.90 bits per heavy atom. The van der Waals surface area contributed by atoms with Gasteiger partial charge in [0.25, 0.3) is 11.8 Å². The van der Waals surface area contributed by atoms with Gasteiger partial charge in [-0.15, -0.1) is 0 Å². The van der Waals surface area contributed by atoms with E-state index in [1.165, 1.54) is 28.1 Å². The fourth-order valence-corrected chi connectivity index (χ4v) is 3.62. The number of benzene rings is 2. The monoisotopic (exact) mass is 492 g/mol. The summed E-state index contributed by atoms with van der Waals surface area (Å²) < 4.78 is 14.3. The highest BCUT2D eigenvalue weighted by atomic mass is 79.9. The van der Waals surface area contributed by atoms with Gasteiger partial charge in [-0.1, -0.05) is 22.0 Å². The second-order valence-corrected chi connectivity index (χ2v) is 7.74. The molecule has 1 aliphatic heterocycles. The number of hydrogen-bond donors (Lipinski definition) is 2. The molecule has 10 heteroatoms. The van der Waals surface area contributed by atoms with Crippen LogP contribution >= 0.6 is 28.1 Å². The Kier molecular flexibility index (Phi) is 6.78. The first kappa shape index (κ1) is 21.8. The van der Waals surface area contributed by atoms with E-state index in [1.807, 2.05) is 0 Å². The molecule has 156 valence electrons. The van der Waals surface area contributed by atoms with Gasteiger partial charge in [0.1, 0.15) is 11.9 Å². The molecule has 1 fully saturated rings. The number of halogens is 2. The molecular weight excluding hydrogens is 475 g/mol. The second kappa shape index (κ2) is 9.31. The third kappa shape index (κ3) is 4.82. The molecule has 3 rings (SSSR count). The van der Waals surface area contributed by atoms with Crippen molar-refractivity contribution < 1.29 is 18.8 Å². The molecule has 1 atom stereocenters. The summed E-state index contributed by atoms with van der Waals surface area (Å²) in [4.78, 5) is 39.1. The van der Waals surface area contributed by atoms with Crippen LogP contribution < -0.4 is 10.7 Å². The lowest BCUT2D eigenvalue weighted by Gasteiger charge is -2.24. The van der Waals surface area contributed by atoms with Gasteiger partial charge in [-0.05, 0) is 61.6 Å². The minimum Gasteiger partial charge on any atom is -0.326 e. The van der Waals surface area contributed by atoms with Gasteiger partial charge < -0.3 is 5.32 Å². The van der Waals surface area contributed by atoms with Crippen molar-refractivity contribution >= 4 is 56.7 Å². The highest BCUT2D eigenvalue weighted by Crippen LogP contribution is 2.21. The zero-order valence-corrected chi connectivity index (χ0v) is 18.3. The maximum atomic E-state index is 13.4. The van der Waals surface area contributed by atoms with Crippen molar-refractivity contribution in [3.05, 3.63) is 64.4 Å². The number of hydrogen-bond acceptors (Lipinski definition) is 4. The Bertz CT molecular complexity index is 1000. The van der Waals surface area contributed by atoms with Crippen LogP contribution in [0.1, 0.15) is 23.7 Å². The van der Waals surface area contributed by atoms with Crippen LogP contribution in [0.4, 0.5) is 10.1 Å². The summed E-state index contributed by atoms with van der Waals surface area (Å²) >= 11 is 8.63. The van der Waals surface area contributed by atoms with Crippen molar-refractivity contribution in [1.82, 2.24) is 15.3 Å². The number of rotatable bonds is 6. The largest absolute Gasteiger partial charge is 0.326 e. The zero-order valence-electron chi connectivity index (χ0n) is 15.9. The quantitative estimate of drug-likeness (QED) is 0.605. The lowest BCUT2D eigenvalue weighted by Crippen LogP contribution is -2.49. The number of amides is 3. The van der Waals surface area contributed by atoms with Crippen LogP contribution in [-0.2, 0) is 9.59 Å². The molecule has 7 nitrogen and oxygen atoms in total. The molecule has 0 spiro atoms. The molecule has 2 N–H and O–H groups in total. The fraction of sp³-hybridized carbons (Fsp3) is 0.200. The second-order valence-electron chi connectivity index (χ2n) is 6.46. The van der Waals surface area contributed by atoms with E-state index in [4.69, 9.17) is 12.2 Å². The Morgan fingerprint density at radius 3 is 2.53 bits per heavy atom. The van der Waals surface area contributed by atoms with Gasteiger partial charge in [-0.2, -0.15) is 0 Å². The molecule has 2 aromatic rings. The van der Waals surface area contributed by atoms with Crippen LogP contribution in [0, 0.1) is 5.82 Å². The highest BCUT2D eigenvalue weighted by molar-refractivity contribution is 9.10. The first-order valence-electron chi connectivity index (χ1n) is 9.06. The lowest BCUT2D eigenvalue weighted by atomic mass is 10.1. The molecule has 0 bridgehead atoms. The van der Waals surface area contributed by atoms with Crippen LogP contribution in [0.25, 0.3) is 0 Å². The molecule has 2 aromatic carbocycles. The number of likely N-dealkylation sites (N-methyl/N-ethyl adjacent to an activating group) is 1. The molecule has 0 aliphatic carbocycles. The maximum Gasteiger partial charge on any atom is 0.269 e. The van der Waals surface area contributed by atoms with Crippen LogP contribution in [-0.4, -0.2) is 45.3 Å². The smallest absolute Gasteiger partial charge is 0.269 e. The first-order chi connectivity index (χ1) is 14.3. The van der Waals surface area contributed by atoms with E-state index in [9.17, 15) is 18.8 Å². The average molecular weight is 493 g/mol. The van der Waals surface area contributed by atoms with Crippen molar-refractivity contribution in [3.8, 4) is 0 Å². The van der Waals surface area contributed by atoms with E-state index < -0.39 is 29.6 Å². The van der Waals surface area contributed by atoms with Crippen LogP contribution in [0.15, 0.2) is 53.0 Å². The topological polar surface area (TPSA) is 81.8 Å². The summed E-state index contributed by atoms with van der Waals surface area (Å²) in [5.41, 5.74) is 3.17. The number of anilines is 1. The van der Waals surface area contributed by atoms with Crippen molar-refractivity contribution in [2.75, 3.05) is 11.9 Å². The summed E-state index contributed by atoms with van der Waals surface area (Å²) in [7, 11) is 0. The number of nitrogens with zero attached hydrogens (tertiary/aromatic N) is 2. The number of carbonyl (C=O) groups excluding carboxylic acids is 3. The number of nitrogens with one attached hydrogen (secondary N) is 2. The molecule has 3 amide bonds. The van der Waals surface area contributed by atoms with Gasteiger partial charge in [0.2, 0.25) is 5.91 Å². The minimum atomic E-state index is -1.01. The Hall–Kier alpha value is -2.85. The third-order valence-electron chi connectivity index (χ3n) is 4.43. The third-order valence-corrected chi connectivity index (χ3v) is 5.38. The Morgan fingerprint density at radius 1 is 1.20 bits per heavy atom. The van der Waals surface area contributed by atoms with Gasteiger partial charge in [0, 0.05) is 22.3 Å². The standard InChI is InChI=1S/C20H18BrFN4O3S/c1-2-25-19(29)16(11-17(27)23-15-8-6-13(21)7-9-15)26(20(25)30)24-18(28)12-4-3-5-14(22)10-12/h3-10,16H,2,11H2,1H3,(H,23,27)(H,24,28)/t16-/m1/s1. The summed E-state index contributed by atoms with van der Waals surface area (Å²) in [5.74, 6) is -2.02. The minimum absolute atomic E-state index is 0.0678. The first-order valence-corrected chi connectivity index (χ1v) is 10.3. The lowest BCUT2D eigenvalue weighted by molar-refractivity contribution is -0.130. The molecule has 0 aromatic heterocycles. The Balaban J connectivity index is 1.76. The molecule has 0 unspecified atom stereocenters. The van der Waals surface area contributed by atoms with E-state index in [2.05, 4.69) is 26.7 Å². The van der Waals surface area contributed by atoms with Crippen molar-refractivity contribution in [1.29, 1.82) is 0 Å².